The highest BCUT2D eigenvalue weighted by Gasteiger charge is 2.17. The fourth-order valence-corrected chi connectivity index (χ4v) is 3.89. The monoisotopic (exact) mass is 455 g/mol. The number of ether oxygens (including phenoxy) is 1. The molecule has 0 radical (unpaired) electrons. The number of fused-ring (bicyclic) bond motifs is 1. The Labute approximate surface area is 185 Å². The van der Waals surface area contributed by atoms with Crippen LogP contribution in [-0.2, 0) is 9.73 Å². The van der Waals surface area contributed by atoms with Crippen LogP contribution >= 0.6 is 0 Å². The molecular weight excluding hydrogens is 433 g/mol. The van der Waals surface area contributed by atoms with E-state index in [9.17, 15) is 8.60 Å². The lowest BCUT2D eigenvalue weighted by Gasteiger charge is -2.17. The van der Waals surface area contributed by atoms with E-state index in [2.05, 4.69) is 24.6 Å². The molecule has 0 bridgehead atoms. The molecule has 4 aromatic rings. The van der Waals surface area contributed by atoms with Crippen LogP contribution in [0.1, 0.15) is 24.5 Å². The first-order valence-corrected chi connectivity index (χ1v) is 12.1. The highest BCUT2D eigenvalue weighted by Crippen LogP contribution is 2.35. The lowest BCUT2D eigenvalue weighted by molar-refractivity contribution is 0.189. The van der Waals surface area contributed by atoms with E-state index in [0.29, 0.717) is 28.6 Å². The van der Waals surface area contributed by atoms with E-state index in [0.717, 1.165) is 10.9 Å². The normalized spacial score (nSPS) is 12.5. The third-order valence-corrected chi connectivity index (χ3v) is 5.20. The average molecular weight is 456 g/mol. The summed E-state index contributed by atoms with van der Waals surface area (Å²) in [5, 5.41) is 3.99. The molecule has 2 heterocycles. The van der Waals surface area contributed by atoms with Gasteiger partial charge in [-0.2, -0.15) is 4.36 Å². The van der Waals surface area contributed by atoms with Crippen LogP contribution in [0.5, 0.6) is 5.75 Å². The van der Waals surface area contributed by atoms with E-state index in [-0.39, 0.29) is 5.75 Å². The third-order valence-electron chi connectivity index (χ3n) is 4.54. The molecule has 1 N–H and O–H groups in total. The van der Waals surface area contributed by atoms with Gasteiger partial charge in [0.15, 0.2) is 6.10 Å². The van der Waals surface area contributed by atoms with Gasteiger partial charge in [0.2, 0.25) is 5.89 Å². The summed E-state index contributed by atoms with van der Waals surface area (Å²) in [6, 6.07) is 7.78. The van der Waals surface area contributed by atoms with Crippen molar-refractivity contribution in [3.8, 4) is 5.75 Å². The van der Waals surface area contributed by atoms with Crippen molar-refractivity contribution in [1.82, 2.24) is 15.0 Å². The van der Waals surface area contributed by atoms with Crippen molar-refractivity contribution in [3.63, 3.8) is 0 Å². The van der Waals surface area contributed by atoms with Crippen molar-refractivity contribution in [1.29, 1.82) is 0 Å². The Bertz CT molecular complexity index is 1390. The maximum absolute atomic E-state index is 14.0. The number of nitrogens with one attached hydrogen (secondary N) is 1. The number of halogens is 1. The molecule has 0 amide bonds. The van der Waals surface area contributed by atoms with E-state index in [4.69, 9.17) is 9.15 Å². The predicted molar refractivity (Wildman–Crippen MR) is 122 cm³/mol. The molecule has 1 unspecified atom stereocenters. The Morgan fingerprint density at radius 1 is 1.19 bits per heavy atom. The number of nitrogens with zero attached hydrogens (tertiary/aromatic N) is 4. The average Bonchev–Trinajstić information content (AvgIpc) is 3.23. The highest BCUT2D eigenvalue weighted by molar-refractivity contribution is 7.92. The number of anilines is 2. The summed E-state index contributed by atoms with van der Waals surface area (Å²) in [5.41, 5.74) is 2.59. The maximum atomic E-state index is 14.0. The minimum Gasteiger partial charge on any atom is -0.479 e. The lowest BCUT2D eigenvalue weighted by Crippen LogP contribution is -2.06. The van der Waals surface area contributed by atoms with Gasteiger partial charge in [0.1, 0.15) is 30.0 Å². The van der Waals surface area contributed by atoms with Crippen LogP contribution in [0.2, 0.25) is 0 Å². The quantitative estimate of drug-likeness (QED) is 0.420. The molecule has 10 heteroatoms. The number of oxazole rings is 1. The number of aryl methyl sites for hydroxylation is 1. The molecule has 0 aliphatic carbocycles. The minimum absolute atomic E-state index is 0.281. The number of hydrogen-bond donors (Lipinski definition) is 1. The second kappa shape index (κ2) is 8.54. The smallest absolute Gasteiger partial charge is 0.235 e. The highest BCUT2D eigenvalue weighted by atomic mass is 32.2. The molecule has 1 atom stereocenters. The topological polar surface area (TPSA) is 102 Å². The van der Waals surface area contributed by atoms with Crippen molar-refractivity contribution < 1.29 is 17.8 Å². The molecular formula is C22H22FN5O3S. The first kappa shape index (κ1) is 21.7. The molecule has 8 nitrogen and oxygen atoms in total. The predicted octanol–water partition coefficient (Wildman–Crippen LogP) is 5.31. The summed E-state index contributed by atoms with van der Waals surface area (Å²) in [6.45, 7) is 3.66. The molecule has 2 aromatic heterocycles. The van der Waals surface area contributed by atoms with E-state index in [1.54, 1.807) is 31.6 Å². The number of aromatic nitrogens is 3. The largest absolute Gasteiger partial charge is 0.479 e. The molecule has 0 fully saturated rings. The Morgan fingerprint density at radius 3 is 2.72 bits per heavy atom. The Hall–Kier alpha value is -3.53. The summed E-state index contributed by atoms with van der Waals surface area (Å²) in [5.74, 6) is 0.738. The van der Waals surface area contributed by atoms with Gasteiger partial charge in [-0.25, -0.2) is 23.6 Å². The van der Waals surface area contributed by atoms with Crippen molar-refractivity contribution in [2.24, 2.45) is 4.36 Å². The molecule has 32 heavy (non-hydrogen) atoms. The number of benzene rings is 2. The van der Waals surface area contributed by atoms with Gasteiger partial charge < -0.3 is 14.5 Å². The fraction of sp³-hybridized carbons (Fsp3) is 0.227. The zero-order valence-electron chi connectivity index (χ0n) is 18.0. The van der Waals surface area contributed by atoms with Crippen LogP contribution in [0, 0.1) is 12.7 Å². The molecule has 0 saturated carbocycles. The molecule has 2 aromatic carbocycles. The zero-order valence-corrected chi connectivity index (χ0v) is 18.8. The van der Waals surface area contributed by atoms with Crippen molar-refractivity contribution in [3.05, 3.63) is 66.4 Å². The summed E-state index contributed by atoms with van der Waals surface area (Å²) < 4.78 is 41.5. The van der Waals surface area contributed by atoms with Crippen molar-refractivity contribution >= 4 is 37.8 Å². The van der Waals surface area contributed by atoms with Crippen molar-refractivity contribution in [2.75, 3.05) is 17.8 Å². The van der Waals surface area contributed by atoms with Gasteiger partial charge in [0.25, 0.3) is 0 Å². The van der Waals surface area contributed by atoms with Gasteiger partial charge in [0.05, 0.1) is 23.1 Å². The standard InChI is InChI=1S/C22H22FN5O3S/c1-13-9-16(28-32(3,4)29)11-18-20(13)21(26-12-25-18)27-17-6-5-15(23)10-19(17)31-14(2)22-24-7-8-30-22/h5-12,14H,1-4H3,(H,25,26,27). The lowest BCUT2D eigenvalue weighted by atomic mass is 10.1. The summed E-state index contributed by atoms with van der Waals surface area (Å²) in [6.07, 6.45) is 7.02. The minimum atomic E-state index is -2.31. The van der Waals surface area contributed by atoms with Crippen LogP contribution in [0.4, 0.5) is 21.6 Å². The first-order chi connectivity index (χ1) is 15.2. The van der Waals surface area contributed by atoms with E-state index in [1.807, 2.05) is 13.0 Å². The van der Waals surface area contributed by atoms with E-state index < -0.39 is 21.7 Å². The van der Waals surface area contributed by atoms with Gasteiger partial charge in [-0.15, -0.1) is 0 Å². The molecule has 4 rings (SSSR count). The Kier molecular flexibility index (Phi) is 5.79. The summed E-state index contributed by atoms with van der Waals surface area (Å²) in [4.78, 5) is 12.8. The van der Waals surface area contributed by atoms with Gasteiger partial charge >= 0.3 is 0 Å². The molecule has 166 valence electrons. The van der Waals surface area contributed by atoms with Gasteiger partial charge in [-0.3, -0.25) is 0 Å². The van der Waals surface area contributed by atoms with Crippen molar-refractivity contribution in [2.45, 2.75) is 20.0 Å². The summed E-state index contributed by atoms with van der Waals surface area (Å²) >= 11 is 0. The van der Waals surface area contributed by atoms with Crippen LogP contribution in [0.15, 0.2) is 57.9 Å². The van der Waals surface area contributed by atoms with Crippen LogP contribution in [0.25, 0.3) is 10.9 Å². The van der Waals surface area contributed by atoms with E-state index >= 15 is 0 Å². The number of rotatable bonds is 6. The first-order valence-electron chi connectivity index (χ1n) is 9.75. The second-order valence-electron chi connectivity index (χ2n) is 7.55. The molecule has 0 aliphatic rings. The second-order valence-corrected chi connectivity index (χ2v) is 10.1. The fourth-order valence-electron chi connectivity index (χ4n) is 3.28. The van der Waals surface area contributed by atoms with Crippen LogP contribution in [0.3, 0.4) is 0 Å². The number of hydrogen-bond acceptors (Lipinski definition) is 8. The van der Waals surface area contributed by atoms with Gasteiger partial charge in [-0.05, 0) is 43.7 Å². The molecule has 0 saturated heterocycles. The van der Waals surface area contributed by atoms with Gasteiger partial charge in [-0.1, -0.05) is 0 Å². The Morgan fingerprint density at radius 2 is 2.00 bits per heavy atom. The SMILES string of the molecule is Cc1cc(N=S(C)(C)=O)cc2ncnc(Nc3ccc(F)cc3OC(C)c3ncco3)c12. The third kappa shape index (κ3) is 4.86. The van der Waals surface area contributed by atoms with E-state index in [1.165, 1.54) is 30.9 Å². The Balaban J connectivity index is 1.73. The molecule has 0 aliphatic heterocycles. The van der Waals surface area contributed by atoms with Crippen LogP contribution in [-0.4, -0.2) is 31.7 Å². The summed E-state index contributed by atoms with van der Waals surface area (Å²) in [7, 11) is -2.31. The van der Waals surface area contributed by atoms with Gasteiger partial charge in [0, 0.05) is 33.7 Å². The van der Waals surface area contributed by atoms with Crippen LogP contribution < -0.4 is 10.1 Å². The molecule has 0 spiro atoms. The maximum Gasteiger partial charge on any atom is 0.235 e. The zero-order chi connectivity index (χ0) is 22.9.